The van der Waals surface area contributed by atoms with Crippen molar-refractivity contribution in [2.75, 3.05) is 16.7 Å². The summed E-state index contributed by atoms with van der Waals surface area (Å²) in [4.78, 5) is 25.7. The molecular weight excluding hydrogens is 476 g/mol. The minimum absolute atomic E-state index is 0.0150. The first-order valence-corrected chi connectivity index (χ1v) is 12.6. The number of amides is 1. The number of anilines is 2. The number of carbonyl (C=O) groups excluding carboxylic acids is 2. The number of benzene rings is 4. The summed E-state index contributed by atoms with van der Waals surface area (Å²) in [5, 5.41) is 2.73. The van der Waals surface area contributed by atoms with E-state index in [4.69, 9.17) is 4.74 Å². The first-order valence-electron chi connectivity index (χ1n) is 11.1. The van der Waals surface area contributed by atoms with Crippen LogP contribution in [0.3, 0.4) is 0 Å². The van der Waals surface area contributed by atoms with Crippen molar-refractivity contribution in [3.8, 4) is 0 Å². The fraction of sp³-hybridized carbons (Fsp3) is 0.0714. The molecule has 4 aromatic carbocycles. The van der Waals surface area contributed by atoms with Crippen molar-refractivity contribution in [3.63, 3.8) is 0 Å². The first kappa shape index (κ1) is 24.7. The number of hydrogen-bond acceptors (Lipinski definition) is 5. The Labute approximate surface area is 210 Å². The largest absolute Gasteiger partial charge is 0.465 e. The minimum Gasteiger partial charge on any atom is -0.465 e. The van der Waals surface area contributed by atoms with E-state index in [0.29, 0.717) is 0 Å². The van der Waals surface area contributed by atoms with Crippen LogP contribution in [0, 0.1) is 0 Å². The van der Waals surface area contributed by atoms with Crippen molar-refractivity contribution in [1.82, 2.24) is 0 Å². The van der Waals surface area contributed by atoms with Crippen LogP contribution in [-0.4, -0.2) is 27.4 Å². The highest BCUT2D eigenvalue weighted by Crippen LogP contribution is 2.30. The Hall–Kier alpha value is -4.43. The normalized spacial score (nSPS) is 10.9. The van der Waals surface area contributed by atoms with Crippen LogP contribution in [0.15, 0.2) is 114 Å². The molecule has 0 bridgehead atoms. The second-order valence-electron chi connectivity index (χ2n) is 7.82. The number of esters is 1. The van der Waals surface area contributed by atoms with E-state index in [2.05, 4.69) is 5.32 Å². The van der Waals surface area contributed by atoms with E-state index in [1.54, 1.807) is 60.7 Å². The highest BCUT2D eigenvalue weighted by atomic mass is 32.2. The summed E-state index contributed by atoms with van der Waals surface area (Å²) < 4.78 is 33.6. The van der Waals surface area contributed by atoms with E-state index in [1.807, 2.05) is 30.3 Å². The number of ether oxygens (including phenoxy) is 1. The Morgan fingerprint density at radius 3 is 1.97 bits per heavy atom. The molecule has 8 heteroatoms. The average Bonchev–Trinajstić information content (AvgIpc) is 2.92. The molecule has 0 heterocycles. The third-order valence-corrected chi connectivity index (χ3v) is 7.27. The Morgan fingerprint density at radius 1 is 0.750 bits per heavy atom. The smallest absolute Gasteiger partial charge is 0.339 e. The lowest BCUT2D eigenvalue weighted by Crippen LogP contribution is -2.32. The van der Waals surface area contributed by atoms with Gasteiger partial charge in [-0.1, -0.05) is 72.8 Å². The summed E-state index contributed by atoms with van der Waals surface area (Å²) in [6.45, 7) is 0.0150. The molecule has 182 valence electrons. The van der Waals surface area contributed by atoms with Crippen LogP contribution < -0.4 is 9.62 Å². The van der Waals surface area contributed by atoms with Crippen LogP contribution in [-0.2, 0) is 21.3 Å². The zero-order chi connectivity index (χ0) is 25.5. The fourth-order valence-corrected chi connectivity index (χ4v) is 5.21. The average molecular weight is 501 g/mol. The molecule has 0 unspecified atom stereocenters. The summed E-state index contributed by atoms with van der Waals surface area (Å²) in [5.74, 6) is -1.17. The Balaban J connectivity index is 1.78. The molecule has 0 radical (unpaired) electrons. The second-order valence-corrected chi connectivity index (χ2v) is 9.68. The van der Waals surface area contributed by atoms with Crippen LogP contribution in [0.25, 0.3) is 0 Å². The summed E-state index contributed by atoms with van der Waals surface area (Å²) in [6, 6.07) is 30.1. The fourth-order valence-electron chi connectivity index (χ4n) is 3.72. The topological polar surface area (TPSA) is 92.8 Å². The molecule has 4 aromatic rings. The Bertz CT molecular complexity index is 1470. The molecule has 4 rings (SSSR count). The SMILES string of the molecule is COC(=O)c1ccccc1NC(=O)c1ccccc1N(Cc1ccccc1)S(=O)(=O)c1ccccc1. The van der Waals surface area contributed by atoms with Gasteiger partial charge in [0, 0.05) is 0 Å². The molecule has 0 aliphatic carbocycles. The molecule has 0 fully saturated rings. The summed E-state index contributed by atoms with van der Waals surface area (Å²) in [5.41, 5.74) is 1.53. The zero-order valence-corrected chi connectivity index (χ0v) is 20.3. The summed E-state index contributed by atoms with van der Waals surface area (Å²) >= 11 is 0. The van der Waals surface area contributed by atoms with Gasteiger partial charge in [-0.3, -0.25) is 9.10 Å². The lowest BCUT2D eigenvalue weighted by atomic mass is 10.1. The highest BCUT2D eigenvalue weighted by Gasteiger charge is 2.29. The van der Waals surface area contributed by atoms with Gasteiger partial charge in [0.2, 0.25) is 0 Å². The van der Waals surface area contributed by atoms with Crippen LogP contribution in [0.4, 0.5) is 11.4 Å². The van der Waals surface area contributed by atoms with Gasteiger partial charge < -0.3 is 10.1 Å². The summed E-state index contributed by atoms with van der Waals surface area (Å²) in [6.07, 6.45) is 0. The third kappa shape index (κ3) is 5.29. The van der Waals surface area contributed by atoms with E-state index in [0.717, 1.165) is 5.56 Å². The molecule has 1 N–H and O–H groups in total. The van der Waals surface area contributed by atoms with Crippen molar-refractivity contribution in [2.45, 2.75) is 11.4 Å². The molecule has 0 saturated heterocycles. The Morgan fingerprint density at radius 2 is 1.31 bits per heavy atom. The zero-order valence-electron chi connectivity index (χ0n) is 19.5. The predicted octanol–water partition coefficient (Wildman–Crippen LogP) is 5.12. The van der Waals surface area contributed by atoms with Crippen molar-refractivity contribution in [1.29, 1.82) is 0 Å². The number of hydrogen-bond donors (Lipinski definition) is 1. The lowest BCUT2D eigenvalue weighted by Gasteiger charge is -2.26. The van der Waals surface area contributed by atoms with Gasteiger partial charge in [0.05, 0.1) is 41.1 Å². The minimum atomic E-state index is -4.03. The van der Waals surface area contributed by atoms with Gasteiger partial charge >= 0.3 is 5.97 Å². The van der Waals surface area contributed by atoms with Crippen LogP contribution in [0.5, 0.6) is 0 Å². The highest BCUT2D eigenvalue weighted by molar-refractivity contribution is 7.92. The molecule has 0 saturated carbocycles. The number of para-hydroxylation sites is 2. The number of carbonyl (C=O) groups is 2. The molecule has 36 heavy (non-hydrogen) atoms. The van der Waals surface area contributed by atoms with Crippen molar-refractivity contribution < 1.29 is 22.7 Å². The van der Waals surface area contributed by atoms with E-state index >= 15 is 0 Å². The molecular formula is C28H24N2O5S. The molecule has 0 aromatic heterocycles. The number of nitrogens with zero attached hydrogens (tertiary/aromatic N) is 1. The number of nitrogens with one attached hydrogen (secondary N) is 1. The maximum atomic E-state index is 13.8. The quantitative estimate of drug-likeness (QED) is 0.339. The van der Waals surface area contributed by atoms with E-state index < -0.39 is 21.9 Å². The first-order chi connectivity index (χ1) is 17.4. The van der Waals surface area contributed by atoms with Crippen LogP contribution in [0.2, 0.25) is 0 Å². The maximum Gasteiger partial charge on any atom is 0.339 e. The lowest BCUT2D eigenvalue weighted by molar-refractivity contribution is 0.0602. The van der Waals surface area contributed by atoms with Gasteiger partial charge in [0.1, 0.15) is 0 Å². The van der Waals surface area contributed by atoms with Gasteiger partial charge in [-0.25, -0.2) is 13.2 Å². The van der Waals surface area contributed by atoms with Crippen molar-refractivity contribution in [2.24, 2.45) is 0 Å². The van der Waals surface area contributed by atoms with Crippen molar-refractivity contribution in [3.05, 3.63) is 126 Å². The van der Waals surface area contributed by atoms with Gasteiger partial charge in [-0.15, -0.1) is 0 Å². The van der Waals surface area contributed by atoms with E-state index in [-0.39, 0.29) is 33.9 Å². The molecule has 0 aliphatic heterocycles. The maximum absolute atomic E-state index is 13.8. The van der Waals surface area contributed by atoms with Crippen LogP contribution in [0.1, 0.15) is 26.3 Å². The van der Waals surface area contributed by atoms with Gasteiger partial charge in [-0.05, 0) is 42.0 Å². The van der Waals surface area contributed by atoms with Gasteiger partial charge in [0.15, 0.2) is 0 Å². The molecule has 1 amide bonds. The molecule has 7 nitrogen and oxygen atoms in total. The van der Waals surface area contributed by atoms with E-state index in [1.165, 1.54) is 29.6 Å². The standard InChI is InChI=1S/C28H24N2O5S/c1-35-28(32)23-16-8-10-18-25(23)29-27(31)24-17-9-11-19-26(24)30(20-21-12-4-2-5-13-21)36(33,34)22-14-6-3-7-15-22/h2-19H,20H2,1H3,(H,29,31). The van der Waals surface area contributed by atoms with E-state index in [9.17, 15) is 18.0 Å². The summed E-state index contributed by atoms with van der Waals surface area (Å²) in [7, 11) is -2.77. The second kappa shape index (κ2) is 10.9. The monoisotopic (exact) mass is 500 g/mol. The molecule has 0 aliphatic rings. The number of sulfonamides is 1. The number of methoxy groups -OCH3 is 1. The van der Waals surface area contributed by atoms with Crippen molar-refractivity contribution >= 4 is 33.3 Å². The third-order valence-electron chi connectivity index (χ3n) is 5.50. The number of rotatable bonds is 8. The Kier molecular flexibility index (Phi) is 7.46. The molecule has 0 spiro atoms. The molecule has 0 atom stereocenters. The predicted molar refractivity (Wildman–Crippen MR) is 138 cm³/mol. The van der Waals surface area contributed by atoms with Gasteiger partial charge in [-0.2, -0.15) is 0 Å². The van der Waals surface area contributed by atoms with Gasteiger partial charge in [0.25, 0.3) is 15.9 Å². The van der Waals surface area contributed by atoms with Crippen LogP contribution >= 0.6 is 0 Å².